The predicted octanol–water partition coefficient (Wildman–Crippen LogP) is 0.933. The van der Waals surface area contributed by atoms with Crippen molar-refractivity contribution in [3.63, 3.8) is 0 Å². The highest BCUT2D eigenvalue weighted by molar-refractivity contribution is 6.01. The van der Waals surface area contributed by atoms with E-state index in [0.717, 1.165) is 13.1 Å². The third-order valence-corrected chi connectivity index (χ3v) is 3.75. The summed E-state index contributed by atoms with van der Waals surface area (Å²) in [6.07, 6.45) is 1.22. The van der Waals surface area contributed by atoms with E-state index in [1.165, 1.54) is 31.4 Å². The van der Waals surface area contributed by atoms with E-state index in [4.69, 9.17) is 0 Å². The molecule has 4 rings (SSSR count). The Labute approximate surface area is 119 Å². The van der Waals surface area contributed by atoms with Crippen LogP contribution in [0.15, 0.2) is 24.3 Å². The number of Topliss-reactive ketones (excluding diaryl/α,β-unsaturated/α-hetero) is 2. The number of benzene rings is 1. The summed E-state index contributed by atoms with van der Waals surface area (Å²) in [5, 5.41) is 6.34. The van der Waals surface area contributed by atoms with E-state index in [-0.39, 0.29) is 17.6 Å². The lowest BCUT2D eigenvalue weighted by atomic mass is 9.91. The van der Waals surface area contributed by atoms with Gasteiger partial charge in [0.1, 0.15) is 11.6 Å². The Morgan fingerprint density at radius 2 is 1.75 bits per heavy atom. The Hall–Kier alpha value is -1.52. The summed E-state index contributed by atoms with van der Waals surface area (Å²) in [5.74, 6) is -0.574. The van der Waals surface area contributed by atoms with Gasteiger partial charge >= 0.3 is 0 Å². The van der Waals surface area contributed by atoms with Gasteiger partial charge in [-0.1, -0.05) is 24.3 Å². The molecular weight excluding hydrogens is 252 g/mol. The summed E-state index contributed by atoms with van der Waals surface area (Å²) in [6.45, 7) is 5.37. The molecule has 2 aliphatic carbocycles. The van der Waals surface area contributed by atoms with Gasteiger partial charge in [0.2, 0.25) is 0 Å². The van der Waals surface area contributed by atoms with Gasteiger partial charge in [-0.15, -0.1) is 0 Å². The molecule has 1 heterocycles. The number of carbonyl (C=O) groups is 2. The number of piperazine rings is 1. The fourth-order valence-corrected chi connectivity index (χ4v) is 2.72. The summed E-state index contributed by atoms with van der Waals surface area (Å²) in [7, 11) is 0. The van der Waals surface area contributed by atoms with Crippen LogP contribution in [0.1, 0.15) is 25.0 Å². The molecular formula is C16H22N2O2. The highest BCUT2D eigenvalue weighted by Crippen LogP contribution is 2.18. The molecule has 0 amide bonds. The third-order valence-electron chi connectivity index (χ3n) is 3.75. The minimum atomic E-state index is -0.479. The number of fused-ring (bicyclic) bond motifs is 2. The molecule has 0 spiro atoms. The summed E-state index contributed by atoms with van der Waals surface area (Å²) < 4.78 is 0. The fourth-order valence-electron chi connectivity index (χ4n) is 2.72. The van der Waals surface area contributed by atoms with Crippen LogP contribution in [0.25, 0.3) is 0 Å². The second-order valence-corrected chi connectivity index (χ2v) is 5.46. The molecule has 20 heavy (non-hydrogen) atoms. The van der Waals surface area contributed by atoms with Crippen LogP contribution < -0.4 is 10.6 Å². The van der Waals surface area contributed by atoms with Gasteiger partial charge in [0.25, 0.3) is 0 Å². The predicted molar refractivity (Wildman–Crippen MR) is 78.8 cm³/mol. The lowest BCUT2D eigenvalue weighted by Crippen LogP contribution is -2.54. The first kappa shape index (κ1) is 14.9. The van der Waals surface area contributed by atoms with Gasteiger partial charge in [-0.05, 0) is 31.4 Å². The number of ketones is 2. The van der Waals surface area contributed by atoms with E-state index in [1.807, 2.05) is 0 Å². The van der Waals surface area contributed by atoms with Crippen LogP contribution in [0.5, 0.6) is 0 Å². The van der Waals surface area contributed by atoms with Crippen molar-refractivity contribution in [3.8, 4) is 0 Å². The van der Waals surface area contributed by atoms with Crippen molar-refractivity contribution in [2.24, 2.45) is 5.92 Å². The monoisotopic (exact) mass is 274 g/mol. The molecule has 4 nitrogen and oxygen atoms in total. The molecule has 1 aliphatic heterocycles. The van der Waals surface area contributed by atoms with E-state index < -0.39 is 5.92 Å². The van der Waals surface area contributed by atoms with Crippen LogP contribution in [0, 0.1) is 5.92 Å². The smallest absolute Gasteiger partial charge is 0.141 e. The number of carbonyl (C=O) groups excluding carboxylic acids is 2. The quantitative estimate of drug-likeness (QED) is 0.818. The lowest BCUT2D eigenvalue weighted by molar-refractivity contribution is -0.131. The van der Waals surface area contributed by atoms with Gasteiger partial charge < -0.3 is 10.6 Å². The summed E-state index contributed by atoms with van der Waals surface area (Å²) in [6, 6.07) is 8.62. The third kappa shape index (κ3) is 3.74. The molecule has 2 bridgehead atoms. The zero-order valence-electron chi connectivity index (χ0n) is 12.1. The van der Waals surface area contributed by atoms with Crippen LogP contribution in [0.3, 0.4) is 0 Å². The lowest BCUT2D eigenvalue weighted by Gasteiger charge is -2.28. The first-order valence-corrected chi connectivity index (χ1v) is 7.10. The van der Waals surface area contributed by atoms with Crippen molar-refractivity contribution < 1.29 is 9.59 Å². The number of rotatable bonds is 3. The van der Waals surface area contributed by atoms with Crippen LogP contribution in [0.4, 0.5) is 0 Å². The average molecular weight is 274 g/mol. The Balaban J connectivity index is 0.000000173. The molecule has 3 aliphatic rings. The van der Waals surface area contributed by atoms with Gasteiger partial charge in [-0.2, -0.15) is 0 Å². The first-order chi connectivity index (χ1) is 9.58. The molecule has 1 aromatic rings. The maximum Gasteiger partial charge on any atom is 0.141 e. The highest BCUT2D eigenvalue weighted by Gasteiger charge is 2.30. The van der Waals surface area contributed by atoms with E-state index in [0.29, 0.717) is 6.54 Å². The second-order valence-electron chi connectivity index (χ2n) is 5.46. The normalized spacial score (nSPS) is 19.6. The topological polar surface area (TPSA) is 58.2 Å². The molecule has 0 aromatic heterocycles. The fraction of sp³-hybridized carbons (Fsp3) is 0.500. The summed E-state index contributed by atoms with van der Waals surface area (Å²) in [5.41, 5.74) is 2.97. The van der Waals surface area contributed by atoms with E-state index >= 15 is 0 Å². The Morgan fingerprint density at radius 3 is 2.05 bits per heavy atom. The van der Waals surface area contributed by atoms with Crippen LogP contribution >= 0.6 is 0 Å². The number of nitrogens with one attached hydrogen (secondary N) is 2. The van der Waals surface area contributed by atoms with Gasteiger partial charge in [-0.25, -0.2) is 0 Å². The van der Waals surface area contributed by atoms with Crippen molar-refractivity contribution >= 4 is 11.6 Å². The van der Waals surface area contributed by atoms with Crippen molar-refractivity contribution in [2.75, 3.05) is 19.6 Å². The zero-order chi connectivity index (χ0) is 14.5. The standard InChI is InChI=1S/C9H16N2O2.C7H6/c1-6(12)9(7(2)13)8-5-10-3-4-11-8;1-2-6-4-7(3-1)5-6/h8-11H,3-5H2,1-2H3;1-4H,5H2. The molecule has 1 aromatic carbocycles. The molecule has 1 fully saturated rings. The van der Waals surface area contributed by atoms with Crippen molar-refractivity contribution in [1.82, 2.24) is 10.6 Å². The largest absolute Gasteiger partial charge is 0.314 e. The Morgan fingerprint density at radius 1 is 1.15 bits per heavy atom. The number of hydrogen-bond donors (Lipinski definition) is 2. The maximum absolute atomic E-state index is 11.2. The van der Waals surface area contributed by atoms with E-state index in [9.17, 15) is 9.59 Å². The molecule has 1 unspecified atom stereocenters. The second kappa shape index (κ2) is 6.77. The minimum absolute atomic E-state index is 0.0243. The first-order valence-electron chi connectivity index (χ1n) is 7.10. The van der Waals surface area contributed by atoms with Crippen LogP contribution in [-0.4, -0.2) is 37.2 Å². The van der Waals surface area contributed by atoms with Crippen molar-refractivity contribution in [1.29, 1.82) is 0 Å². The summed E-state index contributed by atoms with van der Waals surface area (Å²) in [4.78, 5) is 22.4. The van der Waals surface area contributed by atoms with Crippen molar-refractivity contribution in [3.05, 3.63) is 35.4 Å². The van der Waals surface area contributed by atoms with Gasteiger partial charge in [-0.3, -0.25) is 9.59 Å². The molecule has 108 valence electrons. The Kier molecular flexibility index (Phi) is 5.04. The molecule has 4 heteroatoms. The zero-order valence-corrected chi connectivity index (χ0v) is 12.1. The number of hydrogen-bond acceptors (Lipinski definition) is 4. The Bertz CT molecular complexity index is 454. The average Bonchev–Trinajstić information content (AvgIpc) is 2.40. The SMILES string of the molecule is CC(=O)C(C(C)=O)C1CNCCN1.c1cc2cc(c1)C2. The molecule has 1 saturated heterocycles. The van der Waals surface area contributed by atoms with E-state index in [2.05, 4.69) is 34.9 Å². The maximum atomic E-state index is 11.2. The van der Waals surface area contributed by atoms with Crippen LogP contribution in [-0.2, 0) is 16.0 Å². The molecule has 1 atom stereocenters. The molecule has 0 saturated carbocycles. The highest BCUT2D eigenvalue weighted by atomic mass is 16.1. The van der Waals surface area contributed by atoms with Gasteiger partial charge in [0.05, 0.1) is 5.92 Å². The van der Waals surface area contributed by atoms with E-state index in [1.54, 1.807) is 0 Å². The summed E-state index contributed by atoms with van der Waals surface area (Å²) >= 11 is 0. The molecule has 2 N–H and O–H groups in total. The van der Waals surface area contributed by atoms with Crippen molar-refractivity contribution in [2.45, 2.75) is 26.3 Å². The van der Waals surface area contributed by atoms with Crippen LogP contribution in [0.2, 0.25) is 0 Å². The van der Waals surface area contributed by atoms with Gasteiger partial charge in [0, 0.05) is 25.7 Å². The minimum Gasteiger partial charge on any atom is -0.314 e. The van der Waals surface area contributed by atoms with Gasteiger partial charge in [0.15, 0.2) is 0 Å². The molecule has 0 radical (unpaired) electrons.